The Hall–Kier alpha value is -0.120. The predicted octanol–water partition coefficient (Wildman–Crippen LogP) is 1.56. The van der Waals surface area contributed by atoms with Crippen molar-refractivity contribution in [1.29, 1.82) is 0 Å². The lowest BCUT2D eigenvalue weighted by atomic mass is 9.87. The second-order valence-electron chi connectivity index (χ2n) is 4.86. The summed E-state index contributed by atoms with van der Waals surface area (Å²) in [6, 6.07) is 0. The van der Waals surface area contributed by atoms with Crippen LogP contribution in [0, 0.1) is 5.41 Å². The van der Waals surface area contributed by atoms with Crippen molar-refractivity contribution in [2.75, 3.05) is 26.4 Å². The highest BCUT2D eigenvalue weighted by Crippen LogP contribution is 2.21. The molecule has 1 heterocycles. The smallest absolute Gasteiger partial charge is 0.104 e. The third-order valence-corrected chi connectivity index (χ3v) is 2.76. The number of rotatable bonds is 7. The van der Waals surface area contributed by atoms with Gasteiger partial charge < -0.3 is 15.2 Å². The largest absolute Gasteiger partial charge is 0.376 e. The first-order chi connectivity index (χ1) is 6.64. The molecule has 1 aliphatic rings. The zero-order chi connectivity index (χ0) is 10.4. The highest BCUT2D eigenvalue weighted by Gasteiger charge is 2.18. The molecular weight excluding hydrogens is 178 g/mol. The molecule has 0 aromatic carbocycles. The molecule has 3 heteroatoms. The lowest BCUT2D eigenvalue weighted by molar-refractivity contribution is -0.130. The fourth-order valence-electron chi connectivity index (χ4n) is 1.37. The lowest BCUT2D eigenvalue weighted by Crippen LogP contribution is -2.36. The molecule has 0 aromatic rings. The second kappa shape index (κ2) is 5.69. The van der Waals surface area contributed by atoms with Crippen molar-refractivity contribution in [2.45, 2.75) is 39.2 Å². The molecule has 14 heavy (non-hydrogen) atoms. The molecule has 3 nitrogen and oxygen atoms in total. The summed E-state index contributed by atoms with van der Waals surface area (Å²) in [7, 11) is 0. The van der Waals surface area contributed by atoms with Crippen LogP contribution in [0.2, 0.25) is 0 Å². The van der Waals surface area contributed by atoms with Gasteiger partial charge in [0, 0.05) is 6.61 Å². The van der Waals surface area contributed by atoms with E-state index >= 15 is 0 Å². The van der Waals surface area contributed by atoms with Crippen molar-refractivity contribution in [3.05, 3.63) is 0 Å². The third kappa shape index (κ3) is 4.40. The molecule has 0 bridgehead atoms. The fraction of sp³-hybridized carbons (Fsp3) is 1.00. The SMILES string of the molecule is CC(C)(CN)CCCCOC1COC1. The van der Waals surface area contributed by atoms with Crippen molar-refractivity contribution >= 4 is 0 Å². The molecule has 1 fully saturated rings. The molecule has 0 spiro atoms. The second-order valence-corrected chi connectivity index (χ2v) is 4.86. The molecular formula is C11H23NO2. The van der Waals surface area contributed by atoms with E-state index < -0.39 is 0 Å². The van der Waals surface area contributed by atoms with Crippen LogP contribution < -0.4 is 5.73 Å². The van der Waals surface area contributed by atoms with Crippen LogP contribution in [-0.2, 0) is 9.47 Å². The number of hydrogen-bond donors (Lipinski definition) is 1. The Morgan fingerprint density at radius 2 is 2.07 bits per heavy atom. The van der Waals surface area contributed by atoms with Gasteiger partial charge in [0.2, 0.25) is 0 Å². The first kappa shape index (κ1) is 12.0. The Bertz CT molecular complexity index is 155. The first-order valence-corrected chi connectivity index (χ1v) is 5.53. The van der Waals surface area contributed by atoms with Gasteiger partial charge in [0.25, 0.3) is 0 Å². The molecule has 1 rings (SSSR count). The Morgan fingerprint density at radius 1 is 1.36 bits per heavy atom. The monoisotopic (exact) mass is 201 g/mol. The summed E-state index contributed by atoms with van der Waals surface area (Å²) < 4.78 is 10.6. The molecule has 0 unspecified atom stereocenters. The normalized spacial score (nSPS) is 18.2. The van der Waals surface area contributed by atoms with Gasteiger partial charge in [-0.25, -0.2) is 0 Å². The predicted molar refractivity (Wildman–Crippen MR) is 57.2 cm³/mol. The standard InChI is InChI=1S/C11H23NO2/c1-11(2,9-12)5-3-4-6-14-10-7-13-8-10/h10H,3-9,12H2,1-2H3. The van der Waals surface area contributed by atoms with Crippen molar-refractivity contribution in [3.8, 4) is 0 Å². The van der Waals surface area contributed by atoms with Gasteiger partial charge in [-0.2, -0.15) is 0 Å². The fourth-order valence-corrected chi connectivity index (χ4v) is 1.37. The molecule has 1 saturated heterocycles. The van der Waals surface area contributed by atoms with E-state index in [1.54, 1.807) is 0 Å². The van der Waals surface area contributed by atoms with Crippen LogP contribution in [-0.4, -0.2) is 32.5 Å². The van der Waals surface area contributed by atoms with E-state index in [0.29, 0.717) is 11.5 Å². The van der Waals surface area contributed by atoms with Crippen LogP contribution in [0.4, 0.5) is 0 Å². The molecule has 0 amide bonds. The van der Waals surface area contributed by atoms with E-state index in [1.165, 1.54) is 12.8 Å². The number of ether oxygens (including phenoxy) is 2. The Balaban J connectivity index is 1.88. The number of unbranched alkanes of at least 4 members (excludes halogenated alkanes) is 1. The maximum absolute atomic E-state index is 5.65. The summed E-state index contributed by atoms with van der Waals surface area (Å²) in [5.74, 6) is 0. The van der Waals surface area contributed by atoms with E-state index in [-0.39, 0.29) is 0 Å². The van der Waals surface area contributed by atoms with E-state index in [0.717, 1.165) is 32.8 Å². The molecule has 0 aromatic heterocycles. The van der Waals surface area contributed by atoms with E-state index in [9.17, 15) is 0 Å². The average molecular weight is 201 g/mol. The summed E-state index contributed by atoms with van der Waals surface area (Å²) in [5, 5.41) is 0. The van der Waals surface area contributed by atoms with Gasteiger partial charge in [-0.05, 0) is 24.8 Å². The van der Waals surface area contributed by atoms with Crippen LogP contribution in [0.1, 0.15) is 33.1 Å². The maximum atomic E-state index is 5.65. The number of hydrogen-bond acceptors (Lipinski definition) is 3. The van der Waals surface area contributed by atoms with Crippen LogP contribution in [0.5, 0.6) is 0 Å². The average Bonchev–Trinajstić information content (AvgIpc) is 2.08. The quantitative estimate of drug-likeness (QED) is 0.636. The van der Waals surface area contributed by atoms with E-state index in [2.05, 4.69) is 13.8 Å². The molecule has 2 N–H and O–H groups in total. The summed E-state index contributed by atoms with van der Waals surface area (Å²) >= 11 is 0. The van der Waals surface area contributed by atoms with Crippen molar-refractivity contribution < 1.29 is 9.47 Å². The van der Waals surface area contributed by atoms with Gasteiger partial charge >= 0.3 is 0 Å². The van der Waals surface area contributed by atoms with Gasteiger partial charge in [0.05, 0.1) is 13.2 Å². The van der Waals surface area contributed by atoms with Gasteiger partial charge in [-0.15, -0.1) is 0 Å². The van der Waals surface area contributed by atoms with Crippen molar-refractivity contribution in [3.63, 3.8) is 0 Å². The minimum atomic E-state index is 0.291. The van der Waals surface area contributed by atoms with Gasteiger partial charge in [0.15, 0.2) is 0 Å². The highest BCUT2D eigenvalue weighted by atomic mass is 16.6. The summed E-state index contributed by atoms with van der Waals surface area (Å²) in [6.07, 6.45) is 3.91. The zero-order valence-electron chi connectivity index (χ0n) is 9.42. The van der Waals surface area contributed by atoms with Crippen LogP contribution in [0.25, 0.3) is 0 Å². The summed E-state index contributed by atoms with van der Waals surface area (Å²) in [4.78, 5) is 0. The summed E-state index contributed by atoms with van der Waals surface area (Å²) in [5.41, 5.74) is 5.94. The highest BCUT2D eigenvalue weighted by molar-refractivity contribution is 4.69. The Morgan fingerprint density at radius 3 is 2.57 bits per heavy atom. The van der Waals surface area contributed by atoms with Crippen LogP contribution in [0.3, 0.4) is 0 Å². The minimum Gasteiger partial charge on any atom is -0.376 e. The van der Waals surface area contributed by atoms with Gasteiger partial charge in [-0.3, -0.25) is 0 Å². The molecule has 0 radical (unpaired) electrons. The Labute approximate surface area is 86.9 Å². The molecule has 0 atom stereocenters. The van der Waals surface area contributed by atoms with Gasteiger partial charge in [-0.1, -0.05) is 20.3 Å². The molecule has 0 aliphatic carbocycles. The lowest BCUT2D eigenvalue weighted by Gasteiger charge is -2.26. The molecule has 0 saturated carbocycles. The van der Waals surface area contributed by atoms with Crippen LogP contribution >= 0.6 is 0 Å². The van der Waals surface area contributed by atoms with Crippen molar-refractivity contribution in [2.24, 2.45) is 11.1 Å². The summed E-state index contributed by atoms with van der Waals surface area (Å²) in [6.45, 7) is 7.64. The number of nitrogens with two attached hydrogens (primary N) is 1. The maximum Gasteiger partial charge on any atom is 0.104 e. The first-order valence-electron chi connectivity index (χ1n) is 5.53. The van der Waals surface area contributed by atoms with Gasteiger partial charge in [0.1, 0.15) is 6.10 Å². The molecule has 1 aliphatic heterocycles. The Kier molecular flexibility index (Phi) is 4.85. The topological polar surface area (TPSA) is 44.5 Å². The van der Waals surface area contributed by atoms with E-state index in [4.69, 9.17) is 15.2 Å². The van der Waals surface area contributed by atoms with Crippen molar-refractivity contribution in [1.82, 2.24) is 0 Å². The third-order valence-electron chi connectivity index (χ3n) is 2.76. The minimum absolute atomic E-state index is 0.291. The molecule has 84 valence electrons. The van der Waals surface area contributed by atoms with Crippen LogP contribution in [0.15, 0.2) is 0 Å². The zero-order valence-corrected chi connectivity index (χ0v) is 9.42. The van der Waals surface area contributed by atoms with E-state index in [1.807, 2.05) is 0 Å².